The van der Waals surface area contributed by atoms with Gasteiger partial charge in [-0.1, -0.05) is 0 Å². The summed E-state index contributed by atoms with van der Waals surface area (Å²) in [5, 5.41) is 13.7. The van der Waals surface area contributed by atoms with E-state index in [-0.39, 0.29) is 5.91 Å². The maximum Gasteiger partial charge on any atom is 0.313 e. The van der Waals surface area contributed by atoms with Crippen molar-refractivity contribution < 1.29 is 14.4 Å². The van der Waals surface area contributed by atoms with E-state index in [1.807, 2.05) is 6.07 Å². The van der Waals surface area contributed by atoms with Gasteiger partial charge in [-0.05, 0) is 37.1 Å². The lowest BCUT2D eigenvalue weighted by molar-refractivity contribution is -0.136. The molecule has 1 saturated heterocycles. The van der Waals surface area contributed by atoms with E-state index in [2.05, 4.69) is 10.6 Å². The van der Waals surface area contributed by atoms with Crippen molar-refractivity contribution in [3.8, 4) is 6.07 Å². The number of anilines is 1. The Morgan fingerprint density at radius 3 is 2.57 bits per heavy atom. The average Bonchev–Trinajstić information content (AvgIpc) is 2.97. The molecule has 0 atom stereocenters. The number of nitrogens with zero attached hydrogens (tertiary/aromatic N) is 2. The summed E-state index contributed by atoms with van der Waals surface area (Å²) in [7, 11) is 0. The summed E-state index contributed by atoms with van der Waals surface area (Å²) < 4.78 is 0. The van der Waals surface area contributed by atoms with Crippen LogP contribution in [0.25, 0.3) is 0 Å². The number of nitriles is 1. The Hall–Kier alpha value is -2.88. The zero-order valence-electron chi connectivity index (χ0n) is 12.7. The normalized spacial score (nSPS) is 13.5. The number of carbonyl (C=O) groups excluding carboxylic acids is 3. The summed E-state index contributed by atoms with van der Waals surface area (Å²) in [5.41, 5.74) is 0.927. The van der Waals surface area contributed by atoms with Gasteiger partial charge in [0.05, 0.1) is 11.6 Å². The molecule has 3 amide bonds. The lowest BCUT2D eigenvalue weighted by atomic mass is 10.2. The SMILES string of the molecule is N#Cc1ccc(NC(=O)C(=O)NCCCN2CCCC2=O)cc1. The molecule has 0 spiro atoms. The summed E-state index contributed by atoms with van der Waals surface area (Å²) in [6.45, 7) is 1.70. The predicted octanol–water partition coefficient (Wildman–Crippen LogP) is 0.625. The fourth-order valence-corrected chi connectivity index (χ4v) is 2.31. The average molecular weight is 314 g/mol. The van der Waals surface area contributed by atoms with E-state index in [0.29, 0.717) is 37.2 Å². The van der Waals surface area contributed by atoms with Crippen LogP contribution in [-0.2, 0) is 14.4 Å². The Bertz CT molecular complexity index is 634. The van der Waals surface area contributed by atoms with Crippen LogP contribution in [0.5, 0.6) is 0 Å². The number of hydrogen-bond donors (Lipinski definition) is 2. The van der Waals surface area contributed by atoms with Gasteiger partial charge in [0.1, 0.15) is 0 Å². The van der Waals surface area contributed by atoms with Crippen molar-refractivity contribution in [2.45, 2.75) is 19.3 Å². The molecule has 0 aromatic heterocycles. The van der Waals surface area contributed by atoms with Gasteiger partial charge in [-0.25, -0.2) is 0 Å². The largest absolute Gasteiger partial charge is 0.348 e. The number of amides is 3. The highest BCUT2D eigenvalue weighted by Gasteiger charge is 2.19. The van der Waals surface area contributed by atoms with Crippen LogP contribution in [0.2, 0.25) is 0 Å². The van der Waals surface area contributed by atoms with E-state index in [9.17, 15) is 14.4 Å². The number of hydrogen-bond acceptors (Lipinski definition) is 4. The van der Waals surface area contributed by atoms with Crippen molar-refractivity contribution in [2.24, 2.45) is 0 Å². The van der Waals surface area contributed by atoms with E-state index in [0.717, 1.165) is 13.0 Å². The first-order valence-corrected chi connectivity index (χ1v) is 7.47. The van der Waals surface area contributed by atoms with Crippen molar-refractivity contribution in [3.63, 3.8) is 0 Å². The van der Waals surface area contributed by atoms with Crippen molar-refractivity contribution in [2.75, 3.05) is 25.0 Å². The van der Waals surface area contributed by atoms with Crippen molar-refractivity contribution in [3.05, 3.63) is 29.8 Å². The van der Waals surface area contributed by atoms with Crippen molar-refractivity contribution >= 4 is 23.4 Å². The molecule has 1 aromatic rings. The highest BCUT2D eigenvalue weighted by atomic mass is 16.2. The summed E-state index contributed by atoms with van der Waals surface area (Å²) >= 11 is 0. The van der Waals surface area contributed by atoms with Gasteiger partial charge >= 0.3 is 11.8 Å². The molecule has 1 aromatic carbocycles. The number of carbonyl (C=O) groups is 3. The lowest BCUT2D eigenvalue weighted by Crippen LogP contribution is -2.37. The molecule has 0 saturated carbocycles. The van der Waals surface area contributed by atoms with Gasteiger partial charge in [0.15, 0.2) is 0 Å². The maximum atomic E-state index is 11.7. The molecule has 2 rings (SSSR count). The minimum absolute atomic E-state index is 0.148. The Morgan fingerprint density at radius 1 is 1.22 bits per heavy atom. The summed E-state index contributed by atoms with van der Waals surface area (Å²) in [6.07, 6.45) is 2.10. The van der Waals surface area contributed by atoms with Crippen LogP contribution in [0.15, 0.2) is 24.3 Å². The van der Waals surface area contributed by atoms with Crippen LogP contribution in [-0.4, -0.2) is 42.3 Å². The molecule has 2 N–H and O–H groups in total. The summed E-state index contributed by atoms with van der Waals surface area (Å²) in [6, 6.07) is 8.20. The van der Waals surface area contributed by atoms with Crippen LogP contribution < -0.4 is 10.6 Å². The molecule has 1 aliphatic heterocycles. The zero-order valence-corrected chi connectivity index (χ0v) is 12.7. The van der Waals surface area contributed by atoms with Crippen LogP contribution >= 0.6 is 0 Å². The molecule has 1 fully saturated rings. The molecule has 1 heterocycles. The second kappa shape index (κ2) is 7.94. The summed E-state index contributed by atoms with van der Waals surface area (Å²) in [4.78, 5) is 36.6. The summed E-state index contributed by atoms with van der Waals surface area (Å²) in [5.74, 6) is -1.33. The molecule has 7 nitrogen and oxygen atoms in total. The molecular weight excluding hydrogens is 296 g/mol. The number of rotatable bonds is 5. The van der Waals surface area contributed by atoms with E-state index in [1.165, 1.54) is 0 Å². The topological polar surface area (TPSA) is 102 Å². The molecule has 7 heteroatoms. The van der Waals surface area contributed by atoms with Gasteiger partial charge < -0.3 is 15.5 Å². The van der Waals surface area contributed by atoms with Gasteiger partial charge in [-0.3, -0.25) is 14.4 Å². The molecule has 23 heavy (non-hydrogen) atoms. The van der Waals surface area contributed by atoms with Gasteiger partial charge in [-0.2, -0.15) is 5.26 Å². The Labute approximate surface area is 134 Å². The first-order valence-electron chi connectivity index (χ1n) is 7.47. The standard InChI is InChI=1S/C16H18N4O3/c17-11-12-4-6-13(7-5-12)19-16(23)15(22)18-8-2-10-20-9-1-3-14(20)21/h4-7H,1-3,8-10H2,(H,18,22)(H,19,23). The minimum Gasteiger partial charge on any atom is -0.348 e. The predicted molar refractivity (Wildman–Crippen MR) is 83.2 cm³/mol. The van der Waals surface area contributed by atoms with Gasteiger partial charge in [0.25, 0.3) is 0 Å². The van der Waals surface area contributed by atoms with Crippen LogP contribution in [0.4, 0.5) is 5.69 Å². The molecule has 0 aliphatic carbocycles. The van der Waals surface area contributed by atoms with E-state index in [1.54, 1.807) is 29.2 Å². The second-order valence-corrected chi connectivity index (χ2v) is 5.24. The molecule has 0 bridgehead atoms. The van der Waals surface area contributed by atoms with Crippen LogP contribution in [0.1, 0.15) is 24.8 Å². The zero-order chi connectivity index (χ0) is 16.7. The Kier molecular flexibility index (Phi) is 5.69. The van der Waals surface area contributed by atoms with Gasteiger partial charge in [0.2, 0.25) is 5.91 Å². The van der Waals surface area contributed by atoms with Crippen LogP contribution in [0, 0.1) is 11.3 Å². The molecule has 0 radical (unpaired) electrons. The maximum absolute atomic E-state index is 11.7. The van der Waals surface area contributed by atoms with Gasteiger partial charge in [-0.15, -0.1) is 0 Å². The van der Waals surface area contributed by atoms with E-state index < -0.39 is 11.8 Å². The molecule has 1 aliphatic rings. The highest BCUT2D eigenvalue weighted by molar-refractivity contribution is 6.39. The smallest absolute Gasteiger partial charge is 0.313 e. The van der Waals surface area contributed by atoms with E-state index >= 15 is 0 Å². The Balaban J connectivity index is 1.69. The van der Waals surface area contributed by atoms with E-state index in [4.69, 9.17) is 5.26 Å². The van der Waals surface area contributed by atoms with Crippen molar-refractivity contribution in [1.29, 1.82) is 5.26 Å². The lowest BCUT2D eigenvalue weighted by Gasteiger charge is -2.15. The monoisotopic (exact) mass is 314 g/mol. The first kappa shape index (κ1) is 16.5. The minimum atomic E-state index is -0.757. The van der Waals surface area contributed by atoms with Gasteiger partial charge in [0, 0.05) is 31.7 Å². The van der Waals surface area contributed by atoms with Crippen LogP contribution in [0.3, 0.4) is 0 Å². The quantitative estimate of drug-likeness (QED) is 0.614. The number of benzene rings is 1. The van der Waals surface area contributed by atoms with Crippen molar-refractivity contribution in [1.82, 2.24) is 10.2 Å². The number of nitrogens with one attached hydrogen (secondary N) is 2. The fourth-order valence-electron chi connectivity index (χ4n) is 2.31. The Morgan fingerprint density at radius 2 is 1.96 bits per heavy atom. The highest BCUT2D eigenvalue weighted by Crippen LogP contribution is 2.09. The number of likely N-dealkylation sites (tertiary alicyclic amines) is 1. The molecular formula is C16H18N4O3. The first-order chi connectivity index (χ1) is 11.1. The molecule has 0 unspecified atom stereocenters. The third kappa shape index (κ3) is 4.81. The third-order valence-corrected chi connectivity index (χ3v) is 3.54. The second-order valence-electron chi connectivity index (χ2n) is 5.24. The fraction of sp³-hybridized carbons (Fsp3) is 0.375. The third-order valence-electron chi connectivity index (χ3n) is 3.54. The molecule has 120 valence electrons.